The highest BCUT2D eigenvalue weighted by Crippen LogP contribution is 2.31. The Hall–Kier alpha value is -1.26. The number of hydrogen-bond donors (Lipinski definition) is 1. The molecular weight excluding hydrogens is 208 g/mol. The Labute approximate surface area is 96.1 Å². The summed E-state index contributed by atoms with van der Waals surface area (Å²) in [4.78, 5) is 24.9. The summed E-state index contributed by atoms with van der Waals surface area (Å²) in [5, 5.41) is 2.57. The van der Waals surface area contributed by atoms with Crippen LogP contribution in [0.3, 0.4) is 0 Å². The molecule has 0 saturated carbocycles. The van der Waals surface area contributed by atoms with Crippen LogP contribution in [0.1, 0.15) is 34.1 Å². The summed E-state index contributed by atoms with van der Waals surface area (Å²) in [7, 11) is 1.57. The third kappa shape index (κ3) is 2.28. The summed E-state index contributed by atoms with van der Waals surface area (Å²) >= 11 is 0. The molecule has 1 fully saturated rings. The molecule has 1 saturated heterocycles. The molecule has 1 aliphatic rings. The molecule has 0 aliphatic carbocycles. The number of carbonyl (C=O) groups is 2. The van der Waals surface area contributed by atoms with Gasteiger partial charge < -0.3 is 10.1 Å². The van der Waals surface area contributed by atoms with Crippen LogP contribution in [-0.2, 0) is 9.53 Å². The molecule has 1 aliphatic heterocycles. The van der Waals surface area contributed by atoms with E-state index in [9.17, 15) is 9.59 Å². The molecule has 2 amide bonds. The summed E-state index contributed by atoms with van der Waals surface area (Å²) in [5.41, 5.74) is -1.28. The van der Waals surface area contributed by atoms with E-state index in [0.29, 0.717) is 13.0 Å². The van der Waals surface area contributed by atoms with Crippen LogP contribution in [0.5, 0.6) is 0 Å². The predicted octanol–water partition coefficient (Wildman–Crippen LogP) is 1.13. The Balaban J connectivity index is 2.69. The first kappa shape index (κ1) is 12.8. The normalized spacial score (nSPS) is 24.7. The number of rotatable bonds is 1. The molecule has 0 aromatic heterocycles. The van der Waals surface area contributed by atoms with Crippen LogP contribution in [0, 0.1) is 0 Å². The maximum atomic E-state index is 11.8. The molecule has 0 radical (unpaired) electrons. The smallest absolute Gasteiger partial charge is 0.411 e. The number of carbonyl (C=O) groups excluding carboxylic acids is 2. The fourth-order valence-electron chi connectivity index (χ4n) is 1.67. The Kier molecular flexibility index (Phi) is 3.17. The molecule has 0 bridgehead atoms. The molecule has 0 unspecified atom stereocenters. The number of amides is 2. The molecule has 0 aromatic carbocycles. The third-order valence-electron chi connectivity index (χ3n) is 2.75. The largest absolute Gasteiger partial charge is 0.444 e. The fourth-order valence-corrected chi connectivity index (χ4v) is 1.67. The van der Waals surface area contributed by atoms with Gasteiger partial charge in [-0.15, -0.1) is 0 Å². The molecule has 1 heterocycles. The van der Waals surface area contributed by atoms with Gasteiger partial charge in [0.15, 0.2) is 0 Å². The Morgan fingerprint density at radius 2 is 1.94 bits per heavy atom. The molecule has 1 N–H and O–H groups in total. The van der Waals surface area contributed by atoms with Crippen LogP contribution in [0.2, 0.25) is 0 Å². The van der Waals surface area contributed by atoms with Crippen LogP contribution in [0.25, 0.3) is 0 Å². The Bertz CT molecular complexity index is 309. The van der Waals surface area contributed by atoms with Crippen molar-refractivity contribution in [1.29, 1.82) is 0 Å². The van der Waals surface area contributed by atoms with Gasteiger partial charge in [-0.05, 0) is 34.1 Å². The zero-order valence-corrected chi connectivity index (χ0v) is 10.6. The molecule has 16 heavy (non-hydrogen) atoms. The van der Waals surface area contributed by atoms with Gasteiger partial charge in [0, 0.05) is 13.6 Å². The van der Waals surface area contributed by atoms with Crippen LogP contribution >= 0.6 is 0 Å². The maximum Gasteiger partial charge on any atom is 0.411 e. The molecule has 92 valence electrons. The number of nitrogens with one attached hydrogen (secondary N) is 1. The van der Waals surface area contributed by atoms with E-state index in [1.807, 2.05) is 20.8 Å². The van der Waals surface area contributed by atoms with Crippen molar-refractivity contribution in [2.75, 3.05) is 13.6 Å². The van der Waals surface area contributed by atoms with Crippen molar-refractivity contribution in [2.24, 2.45) is 0 Å². The minimum Gasteiger partial charge on any atom is -0.444 e. The fraction of sp³-hybridized carbons (Fsp3) is 0.818. The van der Waals surface area contributed by atoms with E-state index in [1.165, 1.54) is 4.90 Å². The molecule has 5 nitrogen and oxygen atoms in total. The highest BCUT2D eigenvalue weighted by atomic mass is 16.6. The van der Waals surface area contributed by atoms with Gasteiger partial charge in [-0.25, -0.2) is 4.79 Å². The lowest BCUT2D eigenvalue weighted by Gasteiger charge is -2.48. The van der Waals surface area contributed by atoms with E-state index in [0.717, 1.165) is 0 Å². The van der Waals surface area contributed by atoms with E-state index in [4.69, 9.17) is 4.74 Å². The topological polar surface area (TPSA) is 58.6 Å². The second-order valence-corrected chi connectivity index (χ2v) is 5.23. The van der Waals surface area contributed by atoms with Crippen molar-refractivity contribution >= 4 is 12.0 Å². The Morgan fingerprint density at radius 1 is 1.38 bits per heavy atom. The summed E-state index contributed by atoms with van der Waals surface area (Å²) < 4.78 is 5.24. The van der Waals surface area contributed by atoms with E-state index < -0.39 is 17.2 Å². The first-order valence-electron chi connectivity index (χ1n) is 5.43. The van der Waals surface area contributed by atoms with Gasteiger partial charge >= 0.3 is 6.09 Å². The lowest BCUT2D eigenvalue weighted by molar-refractivity contribution is -0.139. The van der Waals surface area contributed by atoms with Gasteiger partial charge in [0.1, 0.15) is 11.1 Å². The van der Waals surface area contributed by atoms with Crippen molar-refractivity contribution in [3.8, 4) is 0 Å². The van der Waals surface area contributed by atoms with Crippen LogP contribution in [0.4, 0.5) is 4.79 Å². The molecule has 0 spiro atoms. The average molecular weight is 228 g/mol. The summed E-state index contributed by atoms with van der Waals surface area (Å²) in [6.07, 6.45) is 0.246. The van der Waals surface area contributed by atoms with E-state index >= 15 is 0 Å². The van der Waals surface area contributed by atoms with Gasteiger partial charge in [0.2, 0.25) is 5.91 Å². The van der Waals surface area contributed by atoms with E-state index in [1.54, 1.807) is 14.0 Å². The minimum absolute atomic E-state index is 0.149. The van der Waals surface area contributed by atoms with Crippen LogP contribution in [0.15, 0.2) is 0 Å². The monoisotopic (exact) mass is 228 g/mol. The van der Waals surface area contributed by atoms with Crippen molar-refractivity contribution in [3.05, 3.63) is 0 Å². The molecule has 5 heteroatoms. The molecule has 1 rings (SSSR count). The van der Waals surface area contributed by atoms with Crippen LogP contribution < -0.4 is 5.32 Å². The lowest BCUT2D eigenvalue weighted by Crippen LogP contribution is -2.67. The summed E-state index contributed by atoms with van der Waals surface area (Å²) in [6.45, 7) is 7.74. The van der Waals surface area contributed by atoms with Gasteiger partial charge in [0.25, 0.3) is 0 Å². The quantitative estimate of drug-likeness (QED) is 0.732. The maximum absolute atomic E-state index is 11.8. The van der Waals surface area contributed by atoms with Gasteiger partial charge in [0.05, 0.1) is 0 Å². The number of likely N-dealkylation sites (N-methyl/N-ethyl adjacent to an activating group) is 1. The second kappa shape index (κ2) is 3.96. The van der Waals surface area contributed by atoms with Crippen LogP contribution in [-0.4, -0.2) is 41.6 Å². The number of hydrogen-bond acceptors (Lipinski definition) is 3. The second-order valence-electron chi connectivity index (χ2n) is 5.23. The summed E-state index contributed by atoms with van der Waals surface area (Å²) in [6, 6.07) is 0. The molecule has 1 atom stereocenters. The number of ether oxygens (including phenoxy) is 1. The van der Waals surface area contributed by atoms with Crippen molar-refractivity contribution in [2.45, 2.75) is 45.3 Å². The SMILES string of the molecule is CNC(=O)[C@]1(C)CCN1C(=O)OC(C)(C)C. The highest BCUT2D eigenvalue weighted by Gasteiger charge is 2.50. The zero-order chi connectivity index (χ0) is 12.6. The zero-order valence-electron chi connectivity index (χ0n) is 10.6. The van der Waals surface area contributed by atoms with Crippen molar-refractivity contribution in [3.63, 3.8) is 0 Å². The van der Waals surface area contributed by atoms with Gasteiger partial charge in [-0.3, -0.25) is 9.69 Å². The van der Waals surface area contributed by atoms with E-state index in [-0.39, 0.29) is 5.91 Å². The third-order valence-corrected chi connectivity index (χ3v) is 2.75. The van der Waals surface area contributed by atoms with Gasteiger partial charge in [-0.1, -0.05) is 0 Å². The minimum atomic E-state index is -0.753. The molecule has 0 aromatic rings. The van der Waals surface area contributed by atoms with Gasteiger partial charge in [-0.2, -0.15) is 0 Å². The standard InChI is InChI=1S/C11H20N2O3/c1-10(2,3)16-9(15)13-7-6-11(13,4)8(14)12-5/h6-7H2,1-5H3,(H,12,14)/t11-/m0/s1. The van der Waals surface area contributed by atoms with Crippen molar-refractivity contribution < 1.29 is 14.3 Å². The Morgan fingerprint density at radius 3 is 2.25 bits per heavy atom. The average Bonchev–Trinajstić information content (AvgIpc) is 2.10. The highest BCUT2D eigenvalue weighted by molar-refractivity contribution is 5.91. The molecular formula is C11H20N2O3. The lowest BCUT2D eigenvalue weighted by atomic mass is 9.86. The van der Waals surface area contributed by atoms with E-state index in [2.05, 4.69) is 5.32 Å². The summed E-state index contributed by atoms with van der Waals surface area (Å²) in [5.74, 6) is -0.149. The predicted molar refractivity (Wildman–Crippen MR) is 60.0 cm³/mol. The number of nitrogens with zero attached hydrogens (tertiary/aromatic N) is 1. The van der Waals surface area contributed by atoms with Crippen molar-refractivity contribution in [1.82, 2.24) is 10.2 Å². The first-order valence-corrected chi connectivity index (χ1v) is 5.43. The first-order chi connectivity index (χ1) is 7.20. The number of likely N-dealkylation sites (tertiary alicyclic amines) is 1.